The summed E-state index contributed by atoms with van der Waals surface area (Å²) in [4.78, 5) is 28.8. The molecular weight excluding hydrogens is 516 g/mol. The van der Waals surface area contributed by atoms with E-state index in [2.05, 4.69) is 15.1 Å². The Bertz CT molecular complexity index is 1570. The molecule has 0 unspecified atom stereocenters. The monoisotopic (exact) mass is 542 g/mol. The van der Waals surface area contributed by atoms with Gasteiger partial charge in [-0.15, -0.1) is 0 Å². The van der Waals surface area contributed by atoms with E-state index in [0.717, 1.165) is 22.0 Å². The van der Waals surface area contributed by atoms with E-state index in [1.165, 1.54) is 24.1 Å². The molecule has 1 aromatic carbocycles. The number of amides is 1. The summed E-state index contributed by atoms with van der Waals surface area (Å²) < 4.78 is 57.4. The standard InChI is InChI=1S/C26H26F4N8O/c1-14(2)38-22(15(3)9-32-38)23-31-10-19-25(34-23)37(13-21(39)36(19)5)11-16-6-7-17(18(27)8-16)24-33-20(12-35(24)4)26(28,29)30/h6-10,12,14H,11,13H2,1-5H3. The number of alkyl halides is 3. The summed E-state index contributed by atoms with van der Waals surface area (Å²) in [6, 6.07) is 4.30. The van der Waals surface area contributed by atoms with E-state index in [4.69, 9.17) is 4.98 Å². The van der Waals surface area contributed by atoms with E-state index in [1.807, 2.05) is 25.5 Å². The molecule has 1 aliphatic heterocycles. The maximum Gasteiger partial charge on any atom is 0.434 e. The lowest BCUT2D eigenvalue weighted by molar-refractivity contribution is -0.140. The number of nitrogens with zero attached hydrogens (tertiary/aromatic N) is 8. The van der Waals surface area contributed by atoms with E-state index < -0.39 is 17.7 Å². The Kier molecular flexibility index (Phi) is 6.39. The lowest BCUT2D eigenvalue weighted by Crippen LogP contribution is -2.44. The Morgan fingerprint density at radius 3 is 2.49 bits per heavy atom. The predicted octanol–water partition coefficient (Wildman–Crippen LogP) is 4.77. The van der Waals surface area contributed by atoms with E-state index in [1.54, 1.807) is 30.4 Å². The van der Waals surface area contributed by atoms with Crippen molar-refractivity contribution in [3.63, 3.8) is 0 Å². The summed E-state index contributed by atoms with van der Waals surface area (Å²) >= 11 is 0. The number of anilines is 2. The minimum absolute atomic E-state index is 0.0000567. The summed E-state index contributed by atoms with van der Waals surface area (Å²) in [5, 5.41) is 4.43. The fraction of sp³-hybridized carbons (Fsp3) is 0.346. The van der Waals surface area contributed by atoms with Crippen LogP contribution in [0.1, 0.15) is 36.7 Å². The Morgan fingerprint density at radius 1 is 1.10 bits per heavy atom. The number of hydrogen-bond acceptors (Lipinski definition) is 6. The molecule has 1 aliphatic rings. The largest absolute Gasteiger partial charge is 0.434 e. The van der Waals surface area contributed by atoms with Crippen molar-refractivity contribution in [2.45, 2.75) is 39.5 Å². The number of carbonyl (C=O) groups excluding carboxylic acids is 1. The van der Waals surface area contributed by atoms with Crippen molar-refractivity contribution in [1.82, 2.24) is 29.3 Å². The first kappa shape index (κ1) is 26.3. The van der Waals surface area contributed by atoms with Gasteiger partial charge >= 0.3 is 6.18 Å². The molecule has 13 heteroatoms. The van der Waals surface area contributed by atoms with Crippen molar-refractivity contribution in [2.75, 3.05) is 23.4 Å². The molecule has 1 amide bonds. The molecule has 0 saturated heterocycles. The van der Waals surface area contributed by atoms with Crippen LogP contribution in [0.3, 0.4) is 0 Å². The average molecular weight is 543 g/mol. The van der Waals surface area contributed by atoms with Gasteiger partial charge in [0.1, 0.15) is 23.0 Å². The smallest absolute Gasteiger partial charge is 0.341 e. The summed E-state index contributed by atoms with van der Waals surface area (Å²) in [7, 11) is 3.02. The number of aromatic nitrogens is 6. The van der Waals surface area contributed by atoms with E-state index in [9.17, 15) is 18.0 Å². The third kappa shape index (κ3) is 4.72. The van der Waals surface area contributed by atoms with Crippen molar-refractivity contribution in [3.8, 4) is 22.9 Å². The van der Waals surface area contributed by atoms with Crippen LogP contribution in [0, 0.1) is 12.7 Å². The Balaban J connectivity index is 1.50. The van der Waals surface area contributed by atoms with Gasteiger partial charge in [0.05, 0.1) is 24.5 Å². The quantitative estimate of drug-likeness (QED) is 0.338. The average Bonchev–Trinajstić information content (AvgIpc) is 3.45. The molecule has 9 nitrogen and oxygen atoms in total. The highest BCUT2D eigenvalue weighted by Crippen LogP contribution is 2.35. The Morgan fingerprint density at radius 2 is 1.85 bits per heavy atom. The molecule has 4 heterocycles. The van der Waals surface area contributed by atoms with Crippen LogP contribution in [0.15, 0.2) is 36.8 Å². The maximum absolute atomic E-state index is 15.2. The Labute approximate surface area is 221 Å². The summed E-state index contributed by atoms with van der Waals surface area (Å²) in [6.07, 6.45) is -0.490. The second-order valence-electron chi connectivity index (χ2n) is 9.80. The van der Waals surface area contributed by atoms with E-state index >= 15 is 4.39 Å². The zero-order valence-electron chi connectivity index (χ0n) is 22.0. The first-order valence-corrected chi connectivity index (χ1v) is 12.2. The summed E-state index contributed by atoms with van der Waals surface area (Å²) in [5.41, 5.74) is 1.52. The van der Waals surface area contributed by atoms with Crippen LogP contribution in [-0.4, -0.2) is 48.8 Å². The fourth-order valence-corrected chi connectivity index (χ4v) is 4.59. The normalized spacial score (nSPS) is 13.9. The molecule has 39 heavy (non-hydrogen) atoms. The number of benzene rings is 1. The van der Waals surface area contributed by atoms with Crippen molar-refractivity contribution in [2.24, 2.45) is 7.05 Å². The van der Waals surface area contributed by atoms with Crippen molar-refractivity contribution in [1.29, 1.82) is 0 Å². The molecule has 0 spiro atoms. The van der Waals surface area contributed by atoms with Crippen LogP contribution >= 0.6 is 0 Å². The molecule has 4 aromatic rings. The first-order chi connectivity index (χ1) is 18.3. The van der Waals surface area contributed by atoms with Gasteiger partial charge in [-0.2, -0.15) is 18.3 Å². The molecule has 0 aliphatic carbocycles. The van der Waals surface area contributed by atoms with Crippen LogP contribution in [0.25, 0.3) is 22.9 Å². The van der Waals surface area contributed by atoms with Gasteiger partial charge in [-0.3, -0.25) is 9.48 Å². The number of fused-ring (bicyclic) bond motifs is 1. The van der Waals surface area contributed by atoms with Crippen molar-refractivity contribution < 1.29 is 22.4 Å². The second kappa shape index (κ2) is 9.47. The van der Waals surface area contributed by atoms with Gasteiger partial charge in [-0.25, -0.2) is 19.3 Å². The third-order valence-corrected chi connectivity index (χ3v) is 6.61. The summed E-state index contributed by atoms with van der Waals surface area (Å²) in [6.45, 7) is 6.05. The SMILES string of the molecule is Cc1cnn(C(C)C)c1-c1ncc2c(n1)N(Cc1ccc(-c3nc(C(F)(F)F)cn3C)c(F)c1)CC(=O)N2C. The van der Waals surface area contributed by atoms with Gasteiger partial charge in [-0.05, 0) is 44.0 Å². The predicted molar refractivity (Wildman–Crippen MR) is 136 cm³/mol. The van der Waals surface area contributed by atoms with Gasteiger partial charge in [-0.1, -0.05) is 6.07 Å². The highest BCUT2D eigenvalue weighted by molar-refractivity contribution is 6.01. The molecule has 0 radical (unpaired) electrons. The van der Waals surface area contributed by atoms with Crippen LogP contribution in [-0.2, 0) is 24.6 Å². The Hall–Kier alpha value is -4.29. The molecule has 0 fully saturated rings. The number of rotatable bonds is 5. The first-order valence-electron chi connectivity index (χ1n) is 12.2. The second-order valence-corrected chi connectivity index (χ2v) is 9.80. The number of halogens is 4. The molecule has 5 rings (SSSR count). The van der Waals surface area contributed by atoms with Crippen LogP contribution < -0.4 is 9.80 Å². The molecule has 3 aromatic heterocycles. The molecular formula is C26H26F4N8O. The van der Waals surface area contributed by atoms with Gasteiger partial charge < -0.3 is 14.4 Å². The van der Waals surface area contributed by atoms with Crippen molar-refractivity contribution >= 4 is 17.4 Å². The molecule has 0 N–H and O–H groups in total. The van der Waals surface area contributed by atoms with Crippen LogP contribution in [0.4, 0.5) is 29.1 Å². The zero-order valence-corrected chi connectivity index (χ0v) is 22.0. The zero-order chi connectivity index (χ0) is 28.2. The number of imidazole rings is 1. The molecule has 0 bridgehead atoms. The van der Waals surface area contributed by atoms with Gasteiger partial charge in [0.15, 0.2) is 17.3 Å². The topological polar surface area (TPSA) is 85.0 Å². The number of carbonyl (C=O) groups is 1. The third-order valence-electron chi connectivity index (χ3n) is 6.61. The number of aryl methyl sites for hydroxylation is 2. The van der Waals surface area contributed by atoms with Gasteiger partial charge in [0, 0.05) is 32.9 Å². The van der Waals surface area contributed by atoms with Gasteiger partial charge in [0.25, 0.3) is 0 Å². The fourth-order valence-electron chi connectivity index (χ4n) is 4.59. The lowest BCUT2D eigenvalue weighted by Gasteiger charge is -2.34. The van der Waals surface area contributed by atoms with Crippen LogP contribution in [0.5, 0.6) is 0 Å². The maximum atomic E-state index is 15.2. The van der Waals surface area contributed by atoms with Crippen LogP contribution in [0.2, 0.25) is 0 Å². The molecule has 0 atom stereocenters. The number of likely N-dealkylation sites (N-methyl/N-ethyl adjacent to an activating group) is 1. The van der Waals surface area contributed by atoms with Gasteiger partial charge in [0.2, 0.25) is 5.91 Å². The van der Waals surface area contributed by atoms with E-state index in [0.29, 0.717) is 22.9 Å². The molecule has 204 valence electrons. The van der Waals surface area contributed by atoms with Crippen molar-refractivity contribution in [3.05, 3.63) is 59.4 Å². The highest BCUT2D eigenvalue weighted by atomic mass is 19.4. The summed E-state index contributed by atoms with van der Waals surface area (Å²) in [5.74, 6) is -0.105. The molecule has 0 saturated carbocycles. The lowest BCUT2D eigenvalue weighted by atomic mass is 10.1. The van der Waals surface area contributed by atoms with E-state index in [-0.39, 0.29) is 36.4 Å². The highest BCUT2D eigenvalue weighted by Gasteiger charge is 2.35. The minimum atomic E-state index is -4.64. The minimum Gasteiger partial charge on any atom is -0.341 e. The number of hydrogen-bond donors (Lipinski definition) is 0.